The van der Waals surface area contributed by atoms with Crippen LogP contribution in [0.25, 0.3) is 11.3 Å². The normalized spacial score (nSPS) is 9.95. The minimum absolute atomic E-state index is 0.218. The van der Waals surface area contributed by atoms with Crippen LogP contribution in [0.4, 0.5) is 0 Å². The molecule has 98 valence electrons. The summed E-state index contributed by atoms with van der Waals surface area (Å²) in [5.41, 5.74) is 1.47. The predicted molar refractivity (Wildman–Crippen MR) is 67.2 cm³/mol. The summed E-state index contributed by atoms with van der Waals surface area (Å²) in [5, 5.41) is 8.54. The van der Waals surface area contributed by atoms with E-state index in [1.54, 1.807) is 13.2 Å². The Bertz CT molecular complexity index is 586. The van der Waals surface area contributed by atoms with Crippen LogP contribution >= 0.6 is 0 Å². The van der Waals surface area contributed by atoms with Gasteiger partial charge in [0.15, 0.2) is 6.61 Å². The van der Waals surface area contributed by atoms with Gasteiger partial charge in [-0.05, 0) is 12.1 Å². The third kappa shape index (κ3) is 3.41. The van der Waals surface area contributed by atoms with Crippen LogP contribution in [0, 0.1) is 0 Å². The van der Waals surface area contributed by atoms with Crippen molar-refractivity contribution in [3.63, 3.8) is 0 Å². The molecule has 0 fully saturated rings. The molecule has 6 heteroatoms. The number of nitrogens with zero attached hydrogens (tertiary/aromatic N) is 2. The van der Waals surface area contributed by atoms with E-state index in [1.165, 1.54) is 6.33 Å². The molecule has 1 aromatic heterocycles. The number of ether oxygens (including phenoxy) is 2. The van der Waals surface area contributed by atoms with Crippen molar-refractivity contribution in [2.75, 3.05) is 13.7 Å². The summed E-state index contributed by atoms with van der Waals surface area (Å²) >= 11 is 0. The molecule has 2 rings (SSSR count). The highest BCUT2D eigenvalue weighted by Gasteiger charge is 2.05. The molecule has 0 aliphatic carbocycles. The largest absolute Gasteiger partial charge is 0.497 e. The summed E-state index contributed by atoms with van der Waals surface area (Å²) in [4.78, 5) is 18.4. The Labute approximate surface area is 109 Å². The first-order valence-corrected chi connectivity index (χ1v) is 5.50. The fourth-order valence-electron chi connectivity index (χ4n) is 1.49. The van der Waals surface area contributed by atoms with Crippen LogP contribution in [-0.2, 0) is 4.79 Å². The highest BCUT2D eigenvalue weighted by Crippen LogP contribution is 2.23. The van der Waals surface area contributed by atoms with Gasteiger partial charge in [-0.2, -0.15) is 0 Å². The van der Waals surface area contributed by atoms with Crippen molar-refractivity contribution in [1.82, 2.24) is 9.97 Å². The number of rotatable bonds is 5. The summed E-state index contributed by atoms with van der Waals surface area (Å²) in [6.07, 6.45) is 1.33. The SMILES string of the molecule is COc1cccc(-c2cc(OCC(=O)O)ncn2)c1. The lowest BCUT2D eigenvalue weighted by Gasteiger charge is -2.06. The van der Waals surface area contributed by atoms with Crippen LogP contribution in [0.3, 0.4) is 0 Å². The molecule has 0 radical (unpaired) electrons. The van der Waals surface area contributed by atoms with Crippen molar-refractivity contribution < 1.29 is 19.4 Å². The van der Waals surface area contributed by atoms with Crippen molar-refractivity contribution in [3.8, 4) is 22.9 Å². The van der Waals surface area contributed by atoms with Gasteiger partial charge >= 0.3 is 5.97 Å². The first kappa shape index (κ1) is 12.8. The number of hydrogen-bond donors (Lipinski definition) is 1. The molecule has 2 aromatic rings. The summed E-state index contributed by atoms with van der Waals surface area (Å²) in [5.74, 6) is -0.124. The maximum Gasteiger partial charge on any atom is 0.341 e. The molecule has 1 heterocycles. The second-order valence-corrected chi connectivity index (χ2v) is 3.66. The van der Waals surface area contributed by atoms with E-state index < -0.39 is 12.6 Å². The number of methoxy groups -OCH3 is 1. The Hall–Kier alpha value is -2.63. The van der Waals surface area contributed by atoms with Gasteiger partial charge in [0.05, 0.1) is 12.8 Å². The van der Waals surface area contributed by atoms with Crippen LogP contribution < -0.4 is 9.47 Å². The summed E-state index contributed by atoms with van der Waals surface area (Å²) in [7, 11) is 1.58. The van der Waals surface area contributed by atoms with E-state index in [-0.39, 0.29) is 5.88 Å². The van der Waals surface area contributed by atoms with Crippen molar-refractivity contribution in [3.05, 3.63) is 36.7 Å². The number of carboxylic acid groups (broad SMARTS) is 1. The predicted octanol–water partition coefficient (Wildman–Crippen LogP) is 1.62. The van der Waals surface area contributed by atoms with Crippen LogP contribution in [0.1, 0.15) is 0 Å². The highest BCUT2D eigenvalue weighted by atomic mass is 16.5. The molecule has 1 aromatic carbocycles. The lowest BCUT2D eigenvalue weighted by atomic mass is 10.1. The van der Waals surface area contributed by atoms with Crippen molar-refractivity contribution in [2.45, 2.75) is 0 Å². The Morgan fingerprint density at radius 2 is 2.16 bits per heavy atom. The number of carbonyl (C=O) groups is 1. The maximum absolute atomic E-state index is 10.4. The zero-order chi connectivity index (χ0) is 13.7. The van der Waals surface area contributed by atoms with E-state index in [9.17, 15) is 4.79 Å². The third-order valence-electron chi connectivity index (χ3n) is 2.35. The Morgan fingerprint density at radius 3 is 2.89 bits per heavy atom. The fraction of sp³-hybridized carbons (Fsp3) is 0.154. The van der Waals surface area contributed by atoms with Gasteiger partial charge in [0, 0.05) is 11.6 Å². The second-order valence-electron chi connectivity index (χ2n) is 3.66. The van der Waals surface area contributed by atoms with Crippen molar-refractivity contribution in [2.24, 2.45) is 0 Å². The van der Waals surface area contributed by atoms with Crippen LogP contribution in [-0.4, -0.2) is 34.8 Å². The van der Waals surface area contributed by atoms with E-state index in [0.29, 0.717) is 11.4 Å². The molecule has 1 N–H and O–H groups in total. The number of hydrogen-bond acceptors (Lipinski definition) is 5. The van der Waals surface area contributed by atoms with E-state index in [0.717, 1.165) is 5.56 Å². The maximum atomic E-state index is 10.4. The highest BCUT2D eigenvalue weighted by molar-refractivity contribution is 5.68. The first-order valence-electron chi connectivity index (χ1n) is 5.50. The number of benzene rings is 1. The molecule has 0 spiro atoms. The van der Waals surface area contributed by atoms with Gasteiger partial charge in [0.25, 0.3) is 0 Å². The molecule has 0 amide bonds. The zero-order valence-corrected chi connectivity index (χ0v) is 10.2. The zero-order valence-electron chi connectivity index (χ0n) is 10.2. The average molecular weight is 260 g/mol. The molecule has 0 bridgehead atoms. The molecule has 0 saturated carbocycles. The lowest BCUT2D eigenvalue weighted by Crippen LogP contribution is -2.10. The lowest BCUT2D eigenvalue weighted by molar-refractivity contribution is -0.139. The Balaban J connectivity index is 2.24. The topological polar surface area (TPSA) is 81.5 Å². The number of aliphatic carboxylic acids is 1. The molecule has 6 nitrogen and oxygen atoms in total. The minimum atomic E-state index is -1.05. The van der Waals surface area contributed by atoms with Gasteiger partial charge in [0.1, 0.15) is 12.1 Å². The average Bonchev–Trinajstić information content (AvgIpc) is 2.45. The van der Waals surface area contributed by atoms with Gasteiger partial charge in [-0.15, -0.1) is 0 Å². The quantitative estimate of drug-likeness (QED) is 0.879. The number of carboxylic acids is 1. The van der Waals surface area contributed by atoms with Crippen LogP contribution in [0.5, 0.6) is 11.6 Å². The smallest absolute Gasteiger partial charge is 0.341 e. The second kappa shape index (κ2) is 5.81. The van der Waals surface area contributed by atoms with Crippen LogP contribution in [0.2, 0.25) is 0 Å². The van der Waals surface area contributed by atoms with Gasteiger partial charge < -0.3 is 14.6 Å². The summed E-state index contributed by atoms with van der Waals surface area (Å²) in [6.45, 7) is -0.436. The molecule has 19 heavy (non-hydrogen) atoms. The number of aromatic nitrogens is 2. The van der Waals surface area contributed by atoms with E-state index >= 15 is 0 Å². The monoisotopic (exact) mass is 260 g/mol. The third-order valence-corrected chi connectivity index (χ3v) is 2.35. The fourth-order valence-corrected chi connectivity index (χ4v) is 1.49. The van der Waals surface area contributed by atoms with Gasteiger partial charge in [-0.3, -0.25) is 0 Å². The van der Waals surface area contributed by atoms with Gasteiger partial charge in [-0.1, -0.05) is 12.1 Å². The Morgan fingerprint density at radius 1 is 1.32 bits per heavy atom. The molecule has 0 saturated heterocycles. The minimum Gasteiger partial charge on any atom is -0.497 e. The van der Waals surface area contributed by atoms with Crippen LogP contribution in [0.15, 0.2) is 36.7 Å². The van der Waals surface area contributed by atoms with Crippen molar-refractivity contribution >= 4 is 5.97 Å². The Kier molecular flexibility index (Phi) is 3.92. The molecule has 0 atom stereocenters. The molecular weight excluding hydrogens is 248 g/mol. The van der Waals surface area contributed by atoms with E-state index in [1.807, 2.05) is 24.3 Å². The summed E-state index contributed by atoms with van der Waals surface area (Å²) < 4.78 is 10.1. The standard InChI is InChI=1S/C13H12N2O4/c1-18-10-4-2-3-9(5-10)11-6-12(15-8-14-11)19-7-13(16)17/h2-6,8H,7H2,1H3,(H,16,17). The van der Waals surface area contributed by atoms with E-state index in [4.69, 9.17) is 14.6 Å². The van der Waals surface area contributed by atoms with E-state index in [2.05, 4.69) is 9.97 Å². The first-order chi connectivity index (χ1) is 9.19. The van der Waals surface area contributed by atoms with Gasteiger partial charge in [-0.25, -0.2) is 14.8 Å². The molecule has 0 unspecified atom stereocenters. The molecular formula is C13H12N2O4. The van der Waals surface area contributed by atoms with Gasteiger partial charge in [0.2, 0.25) is 5.88 Å². The van der Waals surface area contributed by atoms with Crippen molar-refractivity contribution in [1.29, 1.82) is 0 Å². The molecule has 0 aliphatic heterocycles. The summed E-state index contributed by atoms with van der Waals surface area (Å²) in [6, 6.07) is 8.94. The molecule has 0 aliphatic rings.